The molecule has 0 aliphatic carbocycles. The van der Waals surface area contributed by atoms with Crippen molar-refractivity contribution in [2.45, 2.75) is 12.5 Å². The van der Waals surface area contributed by atoms with E-state index in [2.05, 4.69) is 5.32 Å². The Morgan fingerprint density at radius 3 is 2.69 bits per heavy atom. The van der Waals surface area contributed by atoms with Gasteiger partial charge in [-0.2, -0.15) is 0 Å². The first-order valence-corrected chi connectivity index (χ1v) is 4.68. The summed E-state index contributed by atoms with van der Waals surface area (Å²) in [6.07, 6.45) is 0.382. The molecule has 0 aromatic carbocycles. The van der Waals surface area contributed by atoms with Gasteiger partial charge in [-0.15, -0.1) is 0 Å². The molecule has 0 aromatic heterocycles. The van der Waals surface area contributed by atoms with E-state index in [1.165, 1.54) is 0 Å². The van der Waals surface area contributed by atoms with Crippen LogP contribution in [0.1, 0.15) is 6.42 Å². The average molecular weight is 191 g/mol. The third-order valence-electron chi connectivity index (χ3n) is 1.50. The van der Waals surface area contributed by atoms with Crippen molar-refractivity contribution in [3.05, 3.63) is 0 Å². The zero-order chi connectivity index (χ0) is 9.94. The monoisotopic (exact) mass is 191 g/mol. The molecule has 5 nitrogen and oxygen atoms in total. The fourth-order valence-electron chi connectivity index (χ4n) is 0.834. The van der Waals surface area contributed by atoms with Crippen LogP contribution in [-0.2, 0) is 4.74 Å². The predicted octanol–water partition coefficient (Wildman–Crippen LogP) is -1.74. The van der Waals surface area contributed by atoms with Gasteiger partial charge in [0.2, 0.25) is 0 Å². The Kier molecular flexibility index (Phi) is 9.73. The summed E-state index contributed by atoms with van der Waals surface area (Å²) >= 11 is 0. The Balaban J connectivity index is 3.05. The van der Waals surface area contributed by atoms with Crippen LogP contribution in [-0.4, -0.2) is 50.6 Å². The normalized spacial score (nSPS) is 13.2. The van der Waals surface area contributed by atoms with E-state index in [4.69, 9.17) is 16.2 Å². The summed E-state index contributed by atoms with van der Waals surface area (Å²) in [6, 6.07) is 0. The molecule has 0 rings (SSSR count). The van der Waals surface area contributed by atoms with E-state index >= 15 is 0 Å². The molecule has 13 heavy (non-hydrogen) atoms. The molecule has 0 saturated carbocycles. The van der Waals surface area contributed by atoms with Crippen LogP contribution in [0.4, 0.5) is 0 Å². The average Bonchev–Trinajstić information content (AvgIpc) is 2.13. The maximum Gasteiger partial charge on any atom is 0.0897 e. The zero-order valence-electron chi connectivity index (χ0n) is 8.04. The van der Waals surface area contributed by atoms with Gasteiger partial charge in [-0.1, -0.05) is 0 Å². The van der Waals surface area contributed by atoms with Crippen LogP contribution in [0.2, 0.25) is 0 Å². The largest absolute Gasteiger partial charge is 0.389 e. The molecule has 0 aliphatic heterocycles. The van der Waals surface area contributed by atoms with Gasteiger partial charge in [0, 0.05) is 26.2 Å². The fourth-order valence-corrected chi connectivity index (χ4v) is 0.834. The van der Waals surface area contributed by atoms with Crippen LogP contribution >= 0.6 is 0 Å². The topological polar surface area (TPSA) is 93.5 Å². The van der Waals surface area contributed by atoms with E-state index in [1.807, 2.05) is 0 Å². The summed E-state index contributed by atoms with van der Waals surface area (Å²) in [7, 11) is 0. The van der Waals surface area contributed by atoms with Crippen molar-refractivity contribution < 1.29 is 9.84 Å². The number of hydrogen-bond donors (Lipinski definition) is 4. The molecule has 80 valence electrons. The van der Waals surface area contributed by atoms with Crippen LogP contribution < -0.4 is 16.8 Å². The molecule has 1 unspecified atom stereocenters. The molecule has 0 heterocycles. The molecule has 0 amide bonds. The molecule has 1 atom stereocenters. The Morgan fingerprint density at radius 1 is 1.31 bits per heavy atom. The summed E-state index contributed by atoms with van der Waals surface area (Å²) in [5, 5.41) is 12.3. The van der Waals surface area contributed by atoms with Crippen molar-refractivity contribution in [2.75, 3.05) is 39.4 Å². The first kappa shape index (κ1) is 12.8. The van der Waals surface area contributed by atoms with Gasteiger partial charge in [-0.3, -0.25) is 0 Å². The van der Waals surface area contributed by atoms with Crippen molar-refractivity contribution in [1.29, 1.82) is 0 Å². The van der Waals surface area contributed by atoms with Crippen molar-refractivity contribution in [3.63, 3.8) is 0 Å². The van der Waals surface area contributed by atoms with Gasteiger partial charge < -0.3 is 26.6 Å². The lowest BCUT2D eigenvalue weighted by Crippen LogP contribution is -2.33. The Morgan fingerprint density at radius 2 is 2.08 bits per heavy atom. The molecule has 0 radical (unpaired) electrons. The van der Waals surface area contributed by atoms with Crippen LogP contribution in [0.15, 0.2) is 0 Å². The minimum Gasteiger partial charge on any atom is -0.389 e. The summed E-state index contributed by atoms with van der Waals surface area (Å²) in [5.41, 5.74) is 10.5. The maximum absolute atomic E-state index is 9.32. The SMILES string of the molecule is NCCCOCC(O)CNCCN. The molecule has 6 N–H and O–H groups in total. The molecule has 5 heteroatoms. The van der Waals surface area contributed by atoms with Gasteiger partial charge in [-0.25, -0.2) is 0 Å². The van der Waals surface area contributed by atoms with Gasteiger partial charge in [0.15, 0.2) is 0 Å². The highest BCUT2D eigenvalue weighted by molar-refractivity contribution is 4.58. The lowest BCUT2D eigenvalue weighted by atomic mass is 10.3. The number of ether oxygens (including phenoxy) is 1. The highest BCUT2D eigenvalue weighted by Gasteiger charge is 2.02. The Labute approximate surface area is 79.4 Å². The quantitative estimate of drug-likeness (QED) is 0.325. The molecule has 0 fully saturated rings. The summed E-state index contributed by atoms with van der Waals surface area (Å²) in [5.74, 6) is 0. The van der Waals surface area contributed by atoms with Gasteiger partial charge in [0.05, 0.1) is 12.7 Å². The number of nitrogens with two attached hydrogens (primary N) is 2. The maximum atomic E-state index is 9.32. The lowest BCUT2D eigenvalue weighted by molar-refractivity contribution is 0.0369. The molecule has 0 aliphatic rings. The zero-order valence-corrected chi connectivity index (χ0v) is 8.04. The minimum atomic E-state index is -0.454. The van der Waals surface area contributed by atoms with Gasteiger partial charge >= 0.3 is 0 Å². The fraction of sp³-hybridized carbons (Fsp3) is 1.00. The van der Waals surface area contributed by atoms with Crippen molar-refractivity contribution in [3.8, 4) is 0 Å². The Hall–Kier alpha value is -0.200. The molecule has 0 bridgehead atoms. The Bertz CT molecular complexity index is 103. The second kappa shape index (κ2) is 9.88. The van der Waals surface area contributed by atoms with E-state index in [0.29, 0.717) is 32.8 Å². The second-order valence-electron chi connectivity index (χ2n) is 2.86. The predicted molar refractivity (Wildman–Crippen MR) is 52.4 cm³/mol. The van der Waals surface area contributed by atoms with E-state index in [0.717, 1.165) is 13.0 Å². The van der Waals surface area contributed by atoms with Crippen molar-refractivity contribution in [1.82, 2.24) is 5.32 Å². The van der Waals surface area contributed by atoms with E-state index in [-0.39, 0.29) is 0 Å². The highest BCUT2D eigenvalue weighted by atomic mass is 16.5. The first-order valence-electron chi connectivity index (χ1n) is 4.68. The second-order valence-corrected chi connectivity index (χ2v) is 2.86. The molecule has 0 aromatic rings. The van der Waals surface area contributed by atoms with Gasteiger partial charge in [0.1, 0.15) is 0 Å². The number of aliphatic hydroxyl groups excluding tert-OH is 1. The first-order chi connectivity index (χ1) is 6.31. The van der Waals surface area contributed by atoms with Crippen LogP contribution in [0.25, 0.3) is 0 Å². The van der Waals surface area contributed by atoms with Crippen molar-refractivity contribution >= 4 is 0 Å². The number of aliphatic hydroxyl groups is 1. The number of nitrogens with one attached hydrogen (secondary N) is 1. The summed E-state index contributed by atoms with van der Waals surface area (Å²) in [6.45, 7) is 3.43. The van der Waals surface area contributed by atoms with Gasteiger partial charge in [0.25, 0.3) is 0 Å². The summed E-state index contributed by atoms with van der Waals surface area (Å²) < 4.78 is 5.17. The smallest absolute Gasteiger partial charge is 0.0897 e. The van der Waals surface area contributed by atoms with Crippen LogP contribution in [0.3, 0.4) is 0 Å². The van der Waals surface area contributed by atoms with E-state index in [9.17, 15) is 5.11 Å². The lowest BCUT2D eigenvalue weighted by Gasteiger charge is -2.11. The number of rotatable bonds is 9. The molecule has 0 spiro atoms. The van der Waals surface area contributed by atoms with Gasteiger partial charge in [-0.05, 0) is 13.0 Å². The standard InChI is InChI=1S/C8H21N3O2/c9-2-1-5-13-7-8(12)6-11-4-3-10/h8,11-12H,1-7,9-10H2. The van der Waals surface area contributed by atoms with E-state index in [1.54, 1.807) is 0 Å². The van der Waals surface area contributed by atoms with Crippen molar-refractivity contribution in [2.24, 2.45) is 11.5 Å². The van der Waals surface area contributed by atoms with Crippen LogP contribution in [0, 0.1) is 0 Å². The highest BCUT2D eigenvalue weighted by Crippen LogP contribution is 1.85. The van der Waals surface area contributed by atoms with E-state index < -0.39 is 6.10 Å². The molecular weight excluding hydrogens is 170 g/mol. The third kappa shape index (κ3) is 9.72. The molecular formula is C8H21N3O2. The summed E-state index contributed by atoms with van der Waals surface area (Å²) in [4.78, 5) is 0. The minimum absolute atomic E-state index is 0.359. The molecule has 0 saturated heterocycles. The van der Waals surface area contributed by atoms with Crippen LogP contribution in [0.5, 0.6) is 0 Å². The number of hydrogen-bond acceptors (Lipinski definition) is 5. The third-order valence-corrected chi connectivity index (χ3v) is 1.50.